The monoisotopic (exact) mass is 273 g/mol. The number of benzene rings is 2. The lowest BCUT2D eigenvalue weighted by Gasteiger charge is -2.10. The van der Waals surface area contributed by atoms with Gasteiger partial charge in [-0.05, 0) is 24.3 Å². The van der Waals surface area contributed by atoms with Crippen molar-refractivity contribution in [2.75, 3.05) is 19.5 Å². The van der Waals surface area contributed by atoms with Crippen LogP contribution < -0.4 is 19.5 Å². The van der Waals surface area contributed by atoms with Gasteiger partial charge >= 0.3 is 6.09 Å². The lowest BCUT2D eigenvalue weighted by molar-refractivity contribution is 0.215. The second-order valence-electron chi connectivity index (χ2n) is 3.90. The number of ether oxygens (including phenoxy) is 3. The van der Waals surface area contributed by atoms with E-state index < -0.39 is 6.09 Å². The van der Waals surface area contributed by atoms with E-state index in [0.717, 1.165) is 0 Å². The average molecular weight is 273 g/mol. The Morgan fingerprint density at radius 3 is 2.30 bits per heavy atom. The molecule has 0 aliphatic heterocycles. The Labute approximate surface area is 117 Å². The maximum Gasteiger partial charge on any atom is 0.417 e. The number of amides is 1. The molecule has 0 unspecified atom stereocenters. The van der Waals surface area contributed by atoms with Crippen LogP contribution in [-0.4, -0.2) is 20.3 Å². The highest BCUT2D eigenvalue weighted by molar-refractivity contribution is 5.86. The third-order valence-corrected chi connectivity index (χ3v) is 2.59. The van der Waals surface area contributed by atoms with Crippen LogP contribution in [0.5, 0.6) is 17.2 Å². The van der Waals surface area contributed by atoms with Crippen LogP contribution in [0.4, 0.5) is 10.5 Å². The molecule has 2 rings (SSSR count). The highest BCUT2D eigenvalue weighted by Gasteiger charge is 2.09. The van der Waals surface area contributed by atoms with Gasteiger partial charge in [-0.2, -0.15) is 0 Å². The molecular formula is C15H15NO4. The Morgan fingerprint density at radius 2 is 1.65 bits per heavy atom. The van der Waals surface area contributed by atoms with Crippen LogP contribution in [-0.2, 0) is 0 Å². The Bertz CT molecular complexity index is 584. The van der Waals surface area contributed by atoms with Gasteiger partial charge in [0.05, 0.1) is 14.2 Å². The van der Waals surface area contributed by atoms with Crippen molar-refractivity contribution in [1.82, 2.24) is 0 Å². The van der Waals surface area contributed by atoms with Gasteiger partial charge in [0.25, 0.3) is 0 Å². The molecule has 0 aliphatic carbocycles. The molecule has 5 heteroatoms. The minimum Gasteiger partial charge on any atom is -0.493 e. The first kappa shape index (κ1) is 13.7. The van der Waals surface area contributed by atoms with Gasteiger partial charge in [-0.3, -0.25) is 5.32 Å². The highest BCUT2D eigenvalue weighted by Crippen LogP contribution is 2.30. The molecule has 0 heterocycles. The second-order valence-corrected chi connectivity index (χ2v) is 3.90. The highest BCUT2D eigenvalue weighted by atomic mass is 16.6. The molecule has 104 valence electrons. The van der Waals surface area contributed by atoms with E-state index in [2.05, 4.69) is 5.32 Å². The summed E-state index contributed by atoms with van der Waals surface area (Å²) in [6.45, 7) is 0. The Kier molecular flexibility index (Phi) is 4.44. The molecule has 2 aromatic carbocycles. The van der Waals surface area contributed by atoms with E-state index in [-0.39, 0.29) is 0 Å². The van der Waals surface area contributed by atoms with Crippen LogP contribution in [0.2, 0.25) is 0 Å². The van der Waals surface area contributed by atoms with Gasteiger partial charge in [-0.1, -0.05) is 18.2 Å². The Hall–Kier alpha value is -2.69. The molecule has 0 fully saturated rings. The van der Waals surface area contributed by atoms with E-state index in [1.807, 2.05) is 18.2 Å². The Morgan fingerprint density at radius 1 is 0.950 bits per heavy atom. The summed E-state index contributed by atoms with van der Waals surface area (Å²) in [6, 6.07) is 14.0. The standard InChI is InChI=1S/C15H15NO4/c1-18-13-9-8-12(10-14(13)19-2)20-15(17)16-11-6-4-3-5-7-11/h3-10H,1-2H3,(H,16,17). The van der Waals surface area contributed by atoms with Crippen LogP contribution in [0, 0.1) is 0 Å². The van der Waals surface area contributed by atoms with E-state index in [1.165, 1.54) is 7.11 Å². The lowest BCUT2D eigenvalue weighted by Crippen LogP contribution is -2.16. The van der Waals surface area contributed by atoms with Crippen LogP contribution in [0.3, 0.4) is 0 Å². The maximum absolute atomic E-state index is 11.7. The number of hydrogen-bond acceptors (Lipinski definition) is 4. The summed E-state index contributed by atoms with van der Waals surface area (Å²) in [4.78, 5) is 11.7. The number of anilines is 1. The lowest BCUT2D eigenvalue weighted by atomic mass is 10.3. The van der Waals surface area contributed by atoms with E-state index >= 15 is 0 Å². The van der Waals surface area contributed by atoms with Crippen molar-refractivity contribution in [2.45, 2.75) is 0 Å². The molecule has 0 aliphatic rings. The number of carbonyl (C=O) groups excluding carboxylic acids is 1. The number of para-hydroxylation sites is 1. The zero-order valence-electron chi connectivity index (χ0n) is 11.3. The van der Waals surface area contributed by atoms with Crippen molar-refractivity contribution in [3.63, 3.8) is 0 Å². The fourth-order valence-corrected chi connectivity index (χ4v) is 1.65. The SMILES string of the molecule is COc1ccc(OC(=O)Nc2ccccc2)cc1OC. The molecule has 1 N–H and O–H groups in total. The van der Waals surface area contributed by atoms with Gasteiger partial charge in [0.15, 0.2) is 11.5 Å². The van der Waals surface area contributed by atoms with Crippen molar-refractivity contribution in [3.8, 4) is 17.2 Å². The molecular weight excluding hydrogens is 258 g/mol. The predicted octanol–water partition coefficient (Wildman–Crippen LogP) is 3.31. The fourth-order valence-electron chi connectivity index (χ4n) is 1.65. The Balaban J connectivity index is 2.04. The fraction of sp³-hybridized carbons (Fsp3) is 0.133. The van der Waals surface area contributed by atoms with Crippen molar-refractivity contribution in [2.24, 2.45) is 0 Å². The molecule has 0 atom stereocenters. The summed E-state index contributed by atoms with van der Waals surface area (Å²) < 4.78 is 15.4. The van der Waals surface area contributed by atoms with Gasteiger partial charge in [0, 0.05) is 11.8 Å². The first-order chi connectivity index (χ1) is 9.72. The van der Waals surface area contributed by atoms with Gasteiger partial charge in [0.1, 0.15) is 5.75 Å². The molecule has 0 radical (unpaired) electrons. The largest absolute Gasteiger partial charge is 0.493 e. The average Bonchev–Trinajstić information content (AvgIpc) is 2.48. The van der Waals surface area contributed by atoms with Crippen LogP contribution in [0.1, 0.15) is 0 Å². The zero-order valence-corrected chi connectivity index (χ0v) is 11.3. The van der Waals surface area contributed by atoms with Crippen molar-refractivity contribution in [3.05, 3.63) is 48.5 Å². The first-order valence-corrected chi connectivity index (χ1v) is 5.99. The van der Waals surface area contributed by atoms with E-state index in [4.69, 9.17) is 14.2 Å². The first-order valence-electron chi connectivity index (χ1n) is 5.99. The quantitative estimate of drug-likeness (QED) is 0.928. The van der Waals surface area contributed by atoms with E-state index in [1.54, 1.807) is 37.4 Å². The molecule has 0 aromatic heterocycles. The van der Waals surface area contributed by atoms with Crippen LogP contribution >= 0.6 is 0 Å². The topological polar surface area (TPSA) is 56.8 Å². The summed E-state index contributed by atoms with van der Waals surface area (Å²) in [6.07, 6.45) is -0.566. The molecule has 0 saturated heterocycles. The summed E-state index contributed by atoms with van der Waals surface area (Å²) >= 11 is 0. The molecule has 0 spiro atoms. The molecule has 1 amide bonds. The minimum absolute atomic E-state index is 0.371. The number of rotatable bonds is 4. The smallest absolute Gasteiger partial charge is 0.417 e. The third-order valence-electron chi connectivity index (χ3n) is 2.59. The zero-order chi connectivity index (χ0) is 14.4. The summed E-state index contributed by atoms with van der Waals surface area (Å²) in [5.74, 6) is 1.44. The van der Waals surface area contributed by atoms with Gasteiger partial charge in [0.2, 0.25) is 0 Å². The number of nitrogens with one attached hydrogen (secondary N) is 1. The normalized spacial score (nSPS) is 9.70. The van der Waals surface area contributed by atoms with Crippen LogP contribution in [0.25, 0.3) is 0 Å². The third kappa shape index (κ3) is 3.41. The van der Waals surface area contributed by atoms with Crippen molar-refractivity contribution < 1.29 is 19.0 Å². The number of methoxy groups -OCH3 is 2. The maximum atomic E-state index is 11.7. The molecule has 0 bridgehead atoms. The second kappa shape index (κ2) is 6.47. The van der Waals surface area contributed by atoms with Gasteiger partial charge in [-0.25, -0.2) is 4.79 Å². The molecule has 5 nitrogen and oxygen atoms in total. The molecule has 2 aromatic rings. The summed E-state index contributed by atoms with van der Waals surface area (Å²) in [7, 11) is 3.06. The van der Waals surface area contributed by atoms with Crippen LogP contribution in [0.15, 0.2) is 48.5 Å². The number of carbonyl (C=O) groups is 1. The van der Waals surface area contributed by atoms with Crippen molar-refractivity contribution >= 4 is 11.8 Å². The van der Waals surface area contributed by atoms with E-state index in [9.17, 15) is 4.79 Å². The minimum atomic E-state index is -0.566. The summed E-state index contributed by atoms with van der Waals surface area (Å²) in [5.41, 5.74) is 0.665. The summed E-state index contributed by atoms with van der Waals surface area (Å²) in [5, 5.41) is 2.62. The van der Waals surface area contributed by atoms with E-state index in [0.29, 0.717) is 22.9 Å². The number of hydrogen-bond donors (Lipinski definition) is 1. The predicted molar refractivity (Wildman–Crippen MR) is 75.6 cm³/mol. The molecule has 0 saturated carbocycles. The van der Waals surface area contributed by atoms with Gasteiger partial charge < -0.3 is 14.2 Å². The molecule has 20 heavy (non-hydrogen) atoms. The van der Waals surface area contributed by atoms with Gasteiger partial charge in [-0.15, -0.1) is 0 Å². The van der Waals surface area contributed by atoms with Crippen molar-refractivity contribution in [1.29, 1.82) is 0 Å².